The fourth-order valence-corrected chi connectivity index (χ4v) is 2.13. The standard InChI is InChI=1S/C16H15N3O3/c1-3-21-16-12(5-4-8-17-16)15(20)19-11-6-7-14-13(9-11)18-10(2)22-14/h4-9H,3H2,1-2H3,(H,19,20). The smallest absolute Gasteiger partial charge is 0.261 e. The van der Waals surface area contributed by atoms with Gasteiger partial charge in [0, 0.05) is 18.8 Å². The van der Waals surface area contributed by atoms with E-state index in [1.54, 1.807) is 43.5 Å². The number of oxazole rings is 1. The minimum absolute atomic E-state index is 0.281. The molecule has 2 heterocycles. The molecule has 22 heavy (non-hydrogen) atoms. The largest absolute Gasteiger partial charge is 0.477 e. The maximum absolute atomic E-state index is 12.4. The second-order valence-corrected chi connectivity index (χ2v) is 4.66. The molecule has 1 N–H and O–H groups in total. The number of rotatable bonds is 4. The molecular formula is C16H15N3O3. The van der Waals surface area contributed by atoms with Gasteiger partial charge in [-0.15, -0.1) is 0 Å². The highest BCUT2D eigenvalue weighted by Crippen LogP contribution is 2.21. The van der Waals surface area contributed by atoms with Crippen molar-refractivity contribution >= 4 is 22.7 Å². The Morgan fingerprint density at radius 2 is 2.23 bits per heavy atom. The molecule has 0 saturated carbocycles. The van der Waals surface area contributed by atoms with Gasteiger partial charge < -0.3 is 14.5 Å². The maximum atomic E-state index is 12.4. The Kier molecular flexibility index (Phi) is 3.74. The summed E-state index contributed by atoms with van der Waals surface area (Å²) in [5.74, 6) is 0.626. The van der Waals surface area contributed by atoms with Gasteiger partial charge in [-0.2, -0.15) is 0 Å². The first-order valence-corrected chi connectivity index (χ1v) is 6.93. The lowest BCUT2D eigenvalue weighted by atomic mass is 10.2. The Bertz CT molecular complexity index is 826. The summed E-state index contributed by atoms with van der Waals surface area (Å²) < 4.78 is 10.8. The van der Waals surface area contributed by atoms with Gasteiger partial charge in [-0.25, -0.2) is 9.97 Å². The van der Waals surface area contributed by atoms with E-state index in [0.29, 0.717) is 40.7 Å². The van der Waals surface area contributed by atoms with Gasteiger partial charge in [0.15, 0.2) is 11.5 Å². The SMILES string of the molecule is CCOc1ncccc1C(=O)Nc1ccc2oc(C)nc2c1. The fourth-order valence-electron chi connectivity index (χ4n) is 2.13. The van der Waals surface area contributed by atoms with Gasteiger partial charge in [-0.1, -0.05) is 0 Å². The van der Waals surface area contributed by atoms with E-state index in [1.165, 1.54) is 0 Å². The summed E-state index contributed by atoms with van der Waals surface area (Å²) in [5, 5.41) is 2.82. The first kappa shape index (κ1) is 14.1. The number of anilines is 1. The predicted molar refractivity (Wildman–Crippen MR) is 82.1 cm³/mol. The van der Waals surface area contributed by atoms with Crippen LogP contribution in [0.1, 0.15) is 23.2 Å². The number of hydrogen-bond acceptors (Lipinski definition) is 5. The minimum atomic E-state index is -0.281. The summed E-state index contributed by atoms with van der Waals surface area (Å²) in [7, 11) is 0. The number of nitrogens with zero attached hydrogens (tertiary/aromatic N) is 2. The molecule has 0 saturated heterocycles. The van der Waals surface area contributed by atoms with Crippen LogP contribution in [-0.2, 0) is 0 Å². The van der Waals surface area contributed by atoms with Crippen LogP contribution in [0, 0.1) is 6.92 Å². The number of fused-ring (bicyclic) bond motifs is 1. The molecule has 1 aromatic carbocycles. The molecule has 0 aliphatic carbocycles. The zero-order valence-corrected chi connectivity index (χ0v) is 12.3. The number of benzene rings is 1. The number of nitrogens with one attached hydrogen (secondary N) is 1. The lowest BCUT2D eigenvalue weighted by Crippen LogP contribution is -2.14. The van der Waals surface area contributed by atoms with E-state index in [2.05, 4.69) is 15.3 Å². The monoisotopic (exact) mass is 297 g/mol. The summed E-state index contributed by atoms with van der Waals surface area (Å²) in [4.78, 5) is 20.7. The van der Waals surface area contributed by atoms with Crippen molar-refractivity contribution in [2.24, 2.45) is 0 Å². The van der Waals surface area contributed by atoms with E-state index < -0.39 is 0 Å². The highest BCUT2D eigenvalue weighted by Gasteiger charge is 2.14. The van der Waals surface area contributed by atoms with Crippen LogP contribution in [0.2, 0.25) is 0 Å². The molecule has 2 aromatic heterocycles. The van der Waals surface area contributed by atoms with Gasteiger partial charge in [0.1, 0.15) is 11.1 Å². The lowest BCUT2D eigenvalue weighted by Gasteiger charge is -2.09. The predicted octanol–water partition coefficient (Wildman–Crippen LogP) is 3.18. The van der Waals surface area contributed by atoms with Gasteiger partial charge in [0.2, 0.25) is 5.88 Å². The maximum Gasteiger partial charge on any atom is 0.261 e. The van der Waals surface area contributed by atoms with E-state index >= 15 is 0 Å². The van der Waals surface area contributed by atoms with Crippen molar-refractivity contribution in [2.45, 2.75) is 13.8 Å². The Labute approximate surface area is 127 Å². The number of carbonyl (C=O) groups is 1. The number of aryl methyl sites for hydroxylation is 1. The van der Waals surface area contributed by atoms with Crippen LogP contribution < -0.4 is 10.1 Å². The number of hydrogen-bond donors (Lipinski definition) is 1. The third kappa shape index (κ3) is 2.76. The van der Waals surface area contributed by atoms with Gasteiger partial charge >= 0.3 is 0 Å². The molecule has 3 rings (SSSR count). The third-order valence-electron chi connectivity index (χ3n) is 3.05. The topological polar surface area (TPSA) is 77.2 Å². The Hall–Kier alpha value is -2.89. The Morgan fingerprint density at radius 1 is 1.36 bits per heavy atom. The minimum Gasteiger partial charge on any atom is -0.477 e. The van der Waals surface area contributed by atoms with Crippen molar-refractivity contribution in [3.05, 3.63) is 48.0 Å². The average Bonchev–Trinajstić information content (AvgIpc) is 2.87. The molecule has 6 nitrogen and oxygen atoms in total. The average molecular weight is 297 g/mol. The van der Waals surface area contributed by atoms with Gasteiger partial charge in [0.25, 0.3) is 5.91 Å². The van der Waals surface area contributed by atoms with E-state index in [1.807, 2.05) is 6.92 Å². The second kappa shape index (κ2) is 5.85. The summed E-state index contributed by atoms with van der Waals surface area (Å²) in [5.41, 5.74) is 2.41. The van der Waals surface area contributed by atoms with Crippen molar-refractivity contribution in [3.8, 4) is 5.88 Å². The van der Waals surface area contributed by atoms with Crippen LogP contribution in [0.25, 0.3) is 11.1 Å². The quantitative estimate of drug-likeness (QED) is 0.800. The van der Waals surface area contributed by atoms with Gasteiger partial charge in [0.05, 0.1) is 6.61 Å². The van der Waals surface area contributed by atoms with Crippen LogP contribution in [0.4, 0.5) is 5.69 Å². The van der Waals surface area contributed by atoms with Crippen molar-refractivity contribution in [1.29, 1.82) is 0 Å². The molecule has 0 unspecified atom stereocenters. The number of carbonyl (C=O) groups excluding carboxylic acids is 1. The zero-order valence-electron chi connectivity index (χ0n) is 12.3. The normalized spacial score (nSPS) is 10.6. The second-order valence-electron chi connectivity index (χ2n) is 4.66. The Balaban J connectivity index is 1.86. The summed E-state index contributed by atoms with van der Waals surface area (Å²) in [6.07, 6.45) is 1.59. The first-order valence-electron chi connectivity index (χ1n) is 6.93. The molecule has 0 bridgehead atoms. The van der Waals surface area contributed by atoms with Crippen LogP contribution in [0.3, 0.4) is 0 Å². The molecule has 0 aliphatic rings. The van der Waals surface area contributed by atoms with Gasteiger partial charge in [-0.3, -0.25) is 4.79 Å². The highest BCUT2D eigenvalue weighted by atomic mass is 16.5. The molecule has 0 atom stereocenters. The van der Waals surface area contributed by atoms with Crippen LogP contribution in [0.5, 0.6) is 5.88 Å². The van der Waals surface area contributed by atoms with Crippen LogP contribution >= 0.6 is 0 Å². The van der Waals surface area contributed by atoms with Crippen molar-refractivity contribution in [2.75, 3.05) is 11.9 Å². The van der Waals surface area contributed by atoms with E-state index in [9.17, 15) is 4.79 Å². The number of pyridine rings is 1. The third-order valence-corrected chi connectivity index (χ3v) is 3.05. The molecule has 112 valence electrons. The molecular weight excluding hydrogens is 282 g/mol. The molecule has 0 spiro atoms. The number of aromatic nitrogens is 2. The highest BCUT2D eigenvalue weighted by molar-refractivity contribution is 6.06. The number of ether oxygens (including phenoxy) is 1. The van der Waals surface area contributed by atoms with Crippen molar-refractivity contribution in [3.63, 3.8) is 0 Å². The van der Waals surface area contributed by atoms with Gasteiger partial charge in [-0.05, 0) is 37.3 Å². The zero-order chi connectivity index (χ0) is 15.5. The molecule has 1 amide bonds. The van der Waals surface area contributed by atoms with Crippen LogP contribution in [0.15, 0.2) is 40.9 Å². The van der Waals surface area contributed by atoms with Crippen molar-refractivity contribution in [1.82, 2.24) is 9.97 Å². The molecule has 3 aromatic rings. The van der Waals surface area contributed by atoms with Crippen molar-refractivity contribution < 1.29 is 13.9 Å². The summed E-state index contributed by atoms with van der Waals surface area (Å²) >= 11 is 0. The van der Waals surface area contributed by atoms with E-state index in [4.69, 9.17) is 9.15 Å². The molecule has 0 fully saturated rings. The van der Waals surface area contributed by atoms with E-state index in [-0.39, 0.29) is 5.91 Å². The lowest BCUT2D eigenvalue weighted by molar-refractivity contribution is 0.102. The summed E-state index contributed by atoms with van der Waals surface area (Å²) in [6.45, 7) is 4.07. The molecule has 6 heteroatoms. The molecule has 0 aliphatic heterocycles. The number of amides is 1. The fraction of sp³-hybridized carbons (Fsp3) is 0.188. The van der Waals surface area contributed by atoms with E-state index in [0.717, 1.165) is 0 Å². The first-order chi connectivity index (χ1) is 10.7. The Morgan fingerprint density at radius 3 is 3.05 bits per heavy atom. The molecule has 0 radical (unpaired) electrons. The summed E-state index contributed by atoms with van der Waals surface area (Å²) in [6, 6.07) is 8.67. The van der Waals surface area contributed by atoms with Crippen LogP contribution in [-0.4, -0.2) is 22.5 Å².